The topological polar surface area (TPSA) is 88.2 Å². The number of benzene rings is 2. The molecule has 0 radical (unpaired) electrons. The van der Waals surface area contributed by atoms with Gasteiger partial charge in [0.15, 0.2) is 0 Å². The van der Waals surface area contributed by atoms with Crippen molar-refractivity contribution in [3.8, 4) is 5.75 Å². The van der Waals surface area contributed by atoms with Crippen molar-refractivity contribution in [1.29, 1.82) is 0 Å². The highest BCUT2D eigenvalue weighted by atomic mass is 32.2. The summed E-state index contributed by atoms with van der Waals surface area (Å²) in [6.45, 7) is 2.46. The molecule has 1 aliphatic rings. The Morgan fingerprint density at radius 3 is 2.59 bits per heavy atom. The van der Waals surface area contributed by atoms with Crippen molar-refractivity contribution in [2.45, 2.75) is 4.90 Å². The van der Waals surface area contributed by atoms with Crippen LogP contribution in [0.1, 0.15) is 5.56 Å². The number of methoxy groups -OCH3 is 1. The second-order valence-corrected chi connectivity index (χ2v) is 9.21. The number of anilines is 1. The number of hydrogen-bond acceptors (Lipinski definition) is 6. The minimum atomic E-state index is -3.73. The fraction of sp³-hybridized carbons (Fsp3) is 0.348. The first-order valence-corrected chi connectivity index (χ1v) is 11.8. The molecule has 0 saturated carbocycles. The molecule has 1 aliphatic heterocycles. The second-order valence-electron chi connectivity index (χ2n) is 7.31. The van der Waals surface area contributed by atoms with Gasteiger partial charge in [0, 0.05) is 45.0 Å². The van der Waals surface area contributed by atoms with Crippen LogP contribution in [0.5, 0.6) is 5.75 Å². The summed E-state index contributed by atoms with van der Waals surface area (Å²) < 4.78 is 38.0. The van der Waals surface area contributed by atoms with Crippen LogP contribution in [-0.4, -0.2) is 72.2 Å². The maximum atomic E-state index is 13.1. The number of likely N-dealkylation sites (N-methyl/N-ethyl adjacent to an activating group) is 1. The van der Waals surface area contributed by atoms with E-state index in [2.05, 4.69) is 10.2 Å². The van der Waals surface area contributed by atoms with Gasteiger partial charge in [-0.2, -0.15) is 4.31 Å². The van der Waals surface area contributed by atoms with Crippen LogP contribution in [0.2, 0.25) is 0 Å². The SMILES string of the molecule is COc1ccc(/C=C/C(=O)NCCN(C)c2ccccc2)cc1S(=O)(=O)N1CCOCC1. The molecule has 1 N–H and O–H groups in total. The fourth-order valence-corrected chi connectivity index (χ4v) is 4.91. The van der Waals surface area contributed by atoms with Crippen LogP contribution in [0.15, 0.2) is 59.5 Å². The number of nitrogens with one attached hydrogen (secondary N) is 1. The summed E-state index contributed by atoms with van der Waals surface area (Å²) in [4.78, 5) is 14.3. The first-order valence-electron chi connectivity index (χ1n) is 10.4. The van der Waals surface area contributed by atoms with Crippen molar-refractivity contribution in [2.24, 2.45) is 0 Å². The molecule has 9 heteroatoms. The van der Waals surface area contributed by atoms with Gasteiger partial charge in [0.25, 0.3) is 0 Å². The van der Waals surface area contributed by atoms with Gasteiger partial charge in [-0.05, 0) is 35.9 Å². The van der Waals surface area contributed by atoms with E-state index in [0.717, 1.165) is 5.69 Å². The van der Waals surface area contributed by atoms with Crippen molar-refractivity contribution in [3.05, 3.63) is 60.2 Å². The normalized spacial score (nSPS) is 14.9. The highest BCUT2D eigenvalue weighted by molar-refractivity contribution is 7.89. The molecule has 3 rings (SSSR count). The lowest BCUT2D eigenvalue weighted by Crippen LogP contribution is -2.40. The van der Waals surface area contributed by atoms with E-state index in [0.29, 0.717) is 45.0 Å². The van der Waals surface area contributed by atoms with E-state index in [1.54, 1.807) is 18.2 Å². The van der Waals surface area contributed by atoms with E-state index in [9.17, 15) is 13.2 Å². The molecule has 1 amide bonds. The number of sulfonamides is 1. The summed E-state index contributed by atoms with van der Waals surface area (Å²) >= 11 is 0. The number of hydrogen-bond donors (Lipinski definition) is 1. The van der Waals surface area contributed by atoms with Gasteiger partial charge in [-0.1, -0.05) is 24.3 Å². The Morgan fingerprint density at radius 2 is 1.91 bits per heavy atom. The molecule has 0 unspecified atom stereocenters. The molecule has 8 nitrogen and oxygen atoms in total. The van der Waals surface area contributed by atoms with E-state index in [1.165, 1.54) is 23.6 Å². The molecular weight excluding hydrogens is 430 g/mol. The lowest BCUT2D eigenvalue weighted by Gasteiger charge is -2.26. The minimum Gasteiger partial charge on any atom is -0.495 e. The van der Waals surface area contributed by atoms with Crippen molar-refractivity contribution in [1.82, 2.24) is 9.62 Å². The standard InChI is InChI=1S/C23H29N3O5S/c1-25(20-6-4-3-5-7-20)13-12-24-23(27)11-9-19-8-10-21(30-2)22(18-19)32(28,29)26-14-16-31-17-15-26/h3-11,18H,12-17H2,1-2H3,(H,24,27)/b11-9+. The Balaban J connectivity index is 1.62. The van der Waals surface area contributed by atoms with Gasteiger partial charge in [0.1, 0.15) is 10.6 Å². The maximum Gasteiger partial charge on any atom is 0.246 e. The molecule has 0 aromatic heterocycles. The number of amides is 1. The van der Waals surface area contributed by atoms with Crippen LogP contribution in [0.4, 0.5) is 5.69 Å². The lowest BCUT2D eigenvalue weighted by molar-refractivity contribution is -0.116. The molecule has 1 heterocycles. The van der Waals surface area contributed by atoms with E-state index in [1.807, 2.05) is 37.4 Å². The average molecular weight is 460 g/mol. The van der Waals surface area contributed by atoms with Crippen molar-refractivity contribution < 1.29 is 22.7 Å². The number of carbonyl (C=O) groups is 1. The average Bonchev–Trinajstić information content (AvgIpc) is 2.83. The summed E-state index contributed by atoms with van der Waals surface area (Å²) in [7, 11) is -0.331. The van der Waals surface area contributed by atoms with Gasteiger partial charge in [0.05, 0.1) is 20.3 Å². The van der Waals surface area contributed by atoms with Gasteiger partial charge in [-0.25, -0.2) is 8.42 Å². The van der Waals surface area contributed by atoms with Gasteiger partial charge in [-0.15, -0.1) is 0 Å². The fourth-order valence-electron chi connectivity index (χ4n) is 3.31. The second kappa shape index (κ2) is 11.1. The third kappa shape index (κ3) is 6.09. The third-order valence-corrected chi connectivity index (χ3v) is 7.07. The summed E-state index contributed by atoms with van der Waals surface area (Å²) in [6.07, 6.45) is 2.99. The largest absolute Gasteiger partial charge is 0.495 e. The summed E-state index contributed by atoms with van der Waals surface area (Å²) in [6, 6.07) is 14.7. The Labute approximate surface area is 189 Å². The number of para-hydroxylation sites is 1. The van der Waals surface area contributed by atoms with Gasteiger partial charge >= 0.3 is 0 Å². The smallest absolute Gasteiger partial charge is 0.246 e. The number of ether oxygens (including phenoxy) is 2. The van der Waals surface area contributed by atoms with Crippen LogP contribution in [0, 0.1) is 0 Å². The van der Waals surface area contributed by atoms with Crippen molar-refractivity contribution in [3.63, 3.8) is 0 Å². The minimum absolute atomic E-state index is 0.0777. The van der Waals surface area contributed by atoms with E-state index in [-0.39, 0.29) is 16.6 Å². The maximum absolute atomic E-state index is 13.1. The molecule has 0 spiro atoms. The monoisotopic (exact) mass is 459 g/mol. The number of morpholine rings is 1. The quantitative estimate of drug-likeness (QED) is 0.577. The molecular formula is C23H29N3O5S. The number of rotatable bonds is 9. The highest BCUT2D eigenvalue weighted by Crippen LogP contribution is 2.28. The highest BCUT2D eigenvalue weighted by Gasteiger charge is 2.29. The van der Waals surface area contributed by atoms with Gasteiger partial charge in [-0.3, -0.25) is 4.79 Å². The molecule has 2 aromatic rings. The molecule has 0 bridgehead atoms. The van der Waals surface area contributed by atoms with E-state index >= 15 is 0 Å². The van der Waals surface area contributed by atoms with Crippen LogP contribution in [0.3, 0.4) is 0 Å². The van der Waals surface area contributed by atoms with Crippen LogP contribution < -0.4 is 15.0 Å². The van der Waals surface area contributed by atoms with Gasteiger partial charge in [0.2, 0.25) is 15.9 Å². The first kappa shape index (κ1) is 23.8. The third-order valence-electron chi connectivity index (χ3n) is 5.15. The van der Waals surface area contributed by atoms with E-state index in [4.69, 9.17) is 9.47 Å². The molecule has 0 atom stereocenters. The number of carbonyl (C=O) groups excluding carboxylic acids is 1. The Kier molecular flexibility index (Phi) is 8.26. The van der Waals surface area contributed by atoms with Gasteiger partial charge < -0.3 is 19.7 Å². The van der Waals surface area contributed by atoms with Crippen LogP contribution in [0.25, 0.3) is 6.08 Å². The van der Waals surface area contributed by atoms with Crippen LogP contribution in [-0.2, 0) is 19.6 Å². The van der Waals surface area contributed by atoms with Crippen molar-refractivity contribution in [2.75, 3.05) is 58.5 Å². The molecule has 172 valence electrons. The number of nitrogens with zero attached hydrogens (tertiary/aromatic N) is 2. The summed E-state index contributed by atoms with van der Waals surface area (Å²) in [5.41, 5.74) is 1.67. The predicted octanol–water partition coefficient (Wildman–Crippen LogP) is 1.98. The Hall–Kier alpha value is -2.88. The predicted molar refractivity (Wildman–Crippen MR) is 124 cm³/mol. The molecule has 32 heavy (non-hydrogen) atoms. The Morgan fingerprint density at radius 1 is 1.19 bits per heavy atom. The first-order chi connectivity index (χ1) is 15.4. The van der Waals surface area contributed by atoms with Crippen molar-refractivity contribution >= 4 is 27.7 Å². The summed E-state index contributed by atoms with van der Waals surface area (Å²) in [5, 5.41) is 2.84. The molecule has 1 saturated heterocycles. The zero-order chi connectivity index (χ0) is 23.0. The summed E-state index contributed by atoms with van der Waals surface area (Å²) in [5.74, 6) is 0.0157. The zero-order valence-electron chi connectivity index (χ0n) is 18.4. The molecule has 0 aliphatic carbocycles. The molecule has 1 fully saturated rings. The molecule has 2 aromatic carbocycles. The lowest BCUT2D eigenvalue weighted by atomic mass is 10.2. The van der Waals surface area contributed by atoms with E-state index < -0.39 is 10.0 Å². The Bertz CT molecular complexity index is 1030. The van der Waals surface area contributed by atoms with Crippen LogP contribution >= 0.6 is 0 Å². The zero-order valence-corrected chi connectivity index (χ0v) is 19.2.